The molecule has 0 saturated heterocycles. The van der Waals surface area contributed by atoms with E-state index >= 15 is 0 Å². The smallest absolute Gasteiger partial charge is 0.169 e. The normalized spacial score (nSPS) is 14.1. The zero-order valence-electron chi connectivity index (χ0n) is 11.6. The fourth-order valence-corrected chi connectivity index (χ4v) is 2.39. The lowest BCUT2D eigenvalue weighted by Gasteiger charge is -2.19. The maximum atomic E-state index is 13.7. The molecular weight excluding hydrogens is 325 g/mol. The van der Waals surface area contributed by atoms with Crippen LogP contribution in [0, 0.1) is 5.82 Å². The van der Waals surface area contributed by atoms with Crippen molar-refractivity contribution in [3.8, 4) is 5.75 Å². The number of furan rings is 1. The molecule has 0 aliphatic carbocycles. The molecule has 0 bridgehead atoms. The van der Waals surface area contributed by atoms with Gasteiger partial charge in [-0.1, -0.05) is 6.07 Å². The molecule has 1 aromatic heterocycles. The summed E-state index contributed by atoms with van der Waals surface area (Å²) in [5, 5.41) is 3.37. The van der Waals surface area contributed by atoms with Gasteiger partial charge in [-0.15, -0.1) is 0 Å². The van der Waals surface area contributed by atoms with Gasteiger partial charge < -0.3 is 14.5 Å². The number of halogens is 2. The van der Waals surface area contributed by atoms with E-state index in [2.05, 4.69) is 21.2 Å². The predicted molar refractivity (Wildman–Crippen MR) is 79.3 cm³/mol. The fraction of sp³-hybridized carbons (Fsp3) is 0.333. The lowest BCUT2D eigenvalue weighted by Crippen LogP contribution is -2.22. The SMILES string of the molecule is COc1ccc(C(C)NC(C)c2ccc(Br)o2)cc1F. The van der Waals surface area contributed by atoms with Crippen molar-refractivity contribution < 1.29 is 13.5 Å². The minimum Gasteiger partial charge on any atom is -0.494 e. The fourth-order valence-electron chi connectivity index (χ4n) is 2.07. The van der Waals surface area contributed by atoms with Crippen molar-refractivity contribution in [1.29, 1.82) is 0 Å². The summed E-state index contributed by atoms with van der Waals surface area (Å²) in [5.41, 5.74) is 0.862. The molecule has 0 aliphatic heterocycles. The van der Waals surface area contributed by atoms with Gasteiger partial charge in [0.25, 0.3) is 0 Å². The molecular formula is C15H17BrFNO2. The van der Waals surface area contributed by atoms with E-state index in [0.29, 0.717) is 4.67 Å². The molecule has 2 atom stereocenters. The highest BCUT2D eigenvalue weighted by atomic mass is 79.9. The summed E-state index contributed by atoms with van der Waals surface area (Å²) >= 11 is 3.28. The van der Waals surface area contributed by atoms with Gasteiger partial charge in [0.1, 0.15) is 5.76 Å². The molecule has 2 unspecified atom stereocenters. The van der Waals surface area contributed by atoms with E-state index < -0.39 is 0 Å². The van der Waals surface area contributed by atoms with Crippen molar-refractivity contribution in [2.24, 2.45) is 0 Å². The number of nitrogens with one attached hydrogen (secondary N) is 1. The standard InChI is InChI=1S/C15H17BrFNO2/c1-9(11-4-5-14(19-3)12(17)8-11)18-10(2)13-6-7-15(16)20-13/h4-10,18H,1-3H3. The van der Waals surface area contributed by atoms with Crippen molar-refractivity contribution in [2.45, 2.75) is 25.9 Å². The second kappa shape index (κ2) is 6.41. The molecule has 0 fully saturated rings. The van der Waals surface area contributed by atoms with Gasteiger partial charge in [-0.25, -0.2) is 4.39 Å². The van der Waals surface area contributed by atoms with Crippen molar-refractivity contribution >= 4 is 15.9 Å². The average molecular weight is 342 g/mol. The minimum absolute atomic E-state index is 0.00529. The Morgan fingerprint density at radius 1 is 1.20 bits per heavy atom. The first-order chi connectivity index (χ1) is 9.51. The van der Waals surface area contributed by atoms with E-state index in [1.165, 1.54) is 13.2 Å². The molecule has 108 valence electrons. The first kappa shape index (κ1) is 15.1. The summed E-state index contributed by atoms with van der Waals surface area (Å²) in [4.78, 5) is 0. The van der Waals surface area contributed by atoms with Crippen LogP contribution >= 0.6 is 15.9 Å². The zero-order chi connectivity index (χ0) is 14.7. The highest BCUT2D eigenvalue weighted by molar-refractivity contribution is 9.10. The predicted octanol–water partition coefficient (Wildman–Crippen LogP) is 4.60. The van der Waals surface area contributed by atoms with Crippen molar-refractivity contribution in [3.05, 3.63) is 52.1 Å². The number of methoxy groups -OCH3 is 1. The van der Waals surface area contributed by atoms with Crippen LogP contribution in [0.2, 0.25) is 0 Å². The molecule has 0 aliphatic rings. The van der Waals surface area contributed by atoms with Crippen molar-refractivity contribution in [1.82, 2.24) is 5.32 Å². The first-order valence-electron chi connectivity index (χ1n) is 6.36. The molecule has 20 heavy (non-hydrogen) atoms. The lowest BCUT2D eigenvalue weighted by atomic mass is 10.1. The average Bonchev–Trinajstić information content (AvgIpc) is 2.85. The van der Waals surface area contributed by atoms with E-state index in [4.69, 9.17) is 9.15 Å². The highest BCUT2D eigenvalue weighted by Crippen LogP contribution is 2.25. The molecule has 1 heterocycles. The van der Waals surface area contributed by atoms with Crippen LogP contribution in [-0.4, -0.2) is 7.11 Å². The molecule has 1 aromatic carbocycles. The van der Waals surface area contributed by atoms with E-state index in [1.54, 1.807) is 6.07 Å². The zero-order valence-corrected chi connectivity index (χ0v) is 13.2. The highest BCUT2D eigenvalue weighted by Gasteiger charge is 2.15. The minimum atomic E-state index is -0.355. The Labute approximate surface area is 126 Å². The molecule has 0 spiro atoms. The topological polar surface area (TPSA) is 34.4 Å². The number of hydrogen-bond acceptors (Lipinski definition) is 3. The van der Waals surface area contributed by atoms with Gasteiger partial charge in [-0.3, -0.25) is 0 Å². The third kappa shape index (κ3) is 3.41. The number of ether oxygens (including phenoxy) is 1. The summed E-state index contributed by atoms with van der Waals surface area (Å²) in [6, 6.07) is 8.76. The molecule has 3 nitrogen and oxygen atoms in total. The Morgan fingerprint density at radius 3 is 2.50 bits per heavy atom. The molecule has 0 amide bonds. The Hall–Kier alpha value is -1.33. The van der Waals surface area contributed by atoms with Gasteiger partial charge >= 0.3 is 0 Å². The maximum Gasteiger partial charge on any atom is 0.169 e. The summed E-state index contributed by atoms with van der Waals surface area (Å²) in [6.07, 6.45) is 0. The Morgan fingerprint density at radius 2 is 1.95 bits per heavy atom. The van der Waals surface area contributed by atoms with Crippen LogP contribution in [0.5, 0.6) is 5.75 Å². The summed E-state index contributed by atoms with van der Waals surface area (Å²) in [5.74, 6) is 0.730. The Bertz CT molecular complexity index is 585. The molecule has 5 heteroatoms. The second-order valence-electron chi connectivity index (χ2n) is 4.65. The van der Waals surface area contributed by atoms with Crippen molar-refractivity contribution in [2.75, 3.05) is 7.11 Å². The lowest BCUT2D eigenvalue weighted by molar-refractivity contribution is 0.381. The largest absolute Gasteiger partial charge is 0.494 e. The summed E-state index contributed by atoms with van der Waals surface area (Å²) in [7, 11) is 1.45. The quantitative estimate of drug-likeness (QED) is 0.862. The van der Waals surface area contributed by atoms with Gasteiger partial charge in [0.05, 0.1) is 13.2 Å². The Kier molecular flexibility index (Phi) is 4.83. The molecule has 1 N–H and O–H groups in total. The van der Waals surface area contributed by atoms with Crippen molar-refractivity contribution in [3.63, 3.8) is 0 Å². The third-order valence-corrected chi connectivity index (χ3v) is 3.62. The number of hydrogen-bond donors (Lipinski definition) is 1. The van der Waals surface area contributed by atoms with Crippen LogP contribution in [0.3, 0.4) is 0 Å². The number of benzene rings is 1. The van der Waals surface area contributed by atoms with Gasteiger partial charge in [0, 0.05) is 6.04 Å². The monoisotopic (exact) mass is 341 g/mol. The Balaban J connectivity index is 2.07. The van der Waals surface area contributed by atoms with Gasteiger partial charge in [0.15, 0.2) is 16.2 Å². The van der Waals surface area contributed by atoms with E-state index in [1.807, 2.05) is 32.0 Å². The van der Waals surface area contributed by atoms with E-state index in [0.717, 1.165) is 11.3 Å². The third-order valence-electron chi connectivity index (χ3n) is 3.20. The van der Waals surface area contributed by atoms with Gasteiger partial charge in [-0.2, -0.15) is 0 Å². The van der Waals surface area contributed by atoms with E-state index in [9.17, 15) is 4.39 Å². The summed E-state index contributed by atoms with van der Waals surface area (Å²) in [6.45, 7) is 3.98. The summed E-state index contributed by atoms with van der Waals surface area (Å²) < 4.78 is 24.8. The second-order valence-corrected chi connectivity index (χ2v) is 5.43. The molecule has 0 radical (unpaired) electrons. The maximum absolute atomic E-state index is 13.7. The van der Waals surface area contributed by atoms with Crippen LogP contribution in [0.4, 0.5) is 4.39 Å². The molecule has 2 aromatic rings. The number of rotatable bonds is 5. The van der Waals surface area contributed by atoms with Gasteiger partial charge in [-0.05, 0) is 59.6 Å². The van der Waals surface area contributed by atoms with Crippen LogP contribution in [0.1, 0.15) is 37.3 Å². The molecule has 2 rings (SSSR count). The van der Waals surface area contributed by atoms with Crippen LogP contribution in [0.25, 0.3) is 0 Å². The van der Waals surface area contributed by atoms with Gasteiger partial charge in [0.2, 0.25) is 0 Å². The van der Waals surface area contributed by atoms with Crippen LogP contribution in [0.15, 0.2) is 39.4 Å². The van der Waals surface area contributed by atoms with Crippen LogP contribution < -0.4 is 10.1 Å². The molecule has 0 saturated carbocycles. The first-order valence-corrected chi connectivity index (χ1v) is 7.15. The van der Waals surface area contributed by atoms with Crippen LogP contribution in [-0.2, 0) is 0 Å². The van der Waals surface area contributed by atoms with E-state index in [-0.39, 0.29) is 23.7 Å².